The lowest BCUT2D eigenvalue weighted by atomic mass is 10.1. The van der Waals surface area contributed by atoms with Gasteiger partial charge in [-0.2, -0.15) is 0 Å². The van der Waals surface area contributed by atoms with Gasteiger partial charge in [0.15, 0.2) is 9.84 Å². The molecule has 2 fully saturated rings. The summed E-state index contributed by atoms with van der Waals surface area (Å²) in [7, 11) is -2.00. The molecular weight excluding hydrogens is 621 g/mol. The van der Waals surface area contributed by atoms with E-state index in [0.29, 0.717) is 54.1 Å². The van der Waals surface area contributed by atoms with Gasteiger partial charge in [0.2, 0.25) is 11.8 Å². The standard InChI is InChI=1S/C35H38FN5O5S/c1-41(34(43)19-38-25-9-13-28-29(17-25)30(36)18-39-35(28)37)20-24-16-26(10-14-32(24)47(44,45)27-11-12-27)40-33(42)15-8-23-4-2-3-5-31(23)46-21-22-6-7-22/h2-5,9-10,13-14,16-18,22,27,38H,6-8,11-12,15,19-21H2,1H3,(H2,37,39)(H,40,42). The predicted molar refractivity (Wildman–Crippen MR) is 179 cm³/mol. The molecule has 4 N–H and O–H groups in total. The molecule has 12 heteroatoms. The first-order valence-corrected chi connectivity index (χ1v) is 17.3. The van der Waals surface area contributed by atoms with Crippen molar-refractivity contribution < 1.29 is 27.1 Å². The Labute approximate surface area is 273 Å². The van der Waals surface area contributed by atoms with Crippen molar-refractivity contribution in [2.75, 3.05) is 36.6 Å². The number of likely N-dealkylation sites (N-methyl/N-ethyl adjacent to an activating group) is 1. The number of rotatable bonds is 14. The van der Waals surface area contributed by atoms with E-state index in [9.17, 15) is 22.4 Å². The molecule has 10 nitrogen and oxygen atoms in total. The van der Waals surface area contributed by atoms with Crippen molar-refractivity contribution in [3.8, 4) is 5.75 Å². The van der Waals surface area contributed by atoms with Crippen molar-refractivity contribution in [2.45, 2.75) is 55.2 Å². The summed E-state index contributed by atoms with van der Waals surface area (Å²) >= 11 is 0. The molecule has 0 bridgehead atoms. The largest absolute Gasteiger partial charge is 0.493 e. The molecule has 6 rings (SSSR count). The van der Waals surface area contributed by atoms with Gasteiger partial charge in [-0.1, -0.05) is 18.2 Å². The number of carbonyl (C=O) groups is 2. The first kappa shape index (κ1) is 32.2. The van der Waals surface area contributed by atoms with Crippen LogP contribution >= 0.6 is 0 Å². The number of nitrogens with two attached hydrogens (primary N) is 1. The molecular formula is C35H38FN5O5S. The number of nitrogen functional groups attached to an aromatic ring is 1. The molecule has 2 aliphatic carbocycles. The van der Waals surface area contributed by atoms with Crippen LogP contribution in [-0.2, 0) is 32.4 Å². The van der Waals surface area contributed by atoms with Gasteiger partial charge in [0, 0.05) is 42.2 Å². The molecule has 0 atom stereocenters. The molecule has 246 valence electrons. The zero-order valence-electron chi connectivity index (χ0n) is 26.2. The van der Waals surface area contributed by atoms with E-state index < -0.39 is 20.9 Å². The number of hydrogen-bond donors (Lipinski definition) is 3. The number of aromatic nitrogens is 1. The van der Waals surface area contributed by atoms with Crippen LogP contribution in [0.15, 0.2) is 71.8 Å². The number of para-hydroxylation sites is 1. The fraction of sp³-hybridized carbons (Fsp3) is 0.343. The molecule has 2 saturated carbocycles. The Balaban J connectivity index is 1.11. The third kappa shape index (κ3) is 7.82. The van der Waals surface area contributed by atoms with Crippen LogP contribution in [0.25, 0.3) is 10.8 Å². The molecule has 0 radical (unpaired) electrons. The third-order valence-corrected chi connectivity index (χ3v) is 10.9. The van der Waals surface area contributed by atoms with Gasteiger partial charge >= 0.3 is 0 Å². The number of pyridine rings is 1. The van der Waals surface area contributed by atoms with Crippen LogP contribution in [0, 0.1) is 11.7 Å². The van der Waals surface area contributed by atoms with Crippen LogP contribution in [0.1, 0.15) is 43.2 Å². The van der Waals surface area contributed by atoms with Gasteiger partial charge in [-0.3, -0.25) is 9.59 Å². The molecule has 3 aromatic carbocycles. The summed E-state index contributed by atoms with van der Waals surface area (Å²) in [6.07, 6.45) is 5.33. The van der Waals surface area contributed by atoms with Crippen molar-refractivity contribution in [3.63, 3.8) is 0 Å². The number of aryl methyl sites for hydroxylation is 1. The normalized spacial score (nSPS) is 14.5. The van der Waals surface area contributed by atoms with E-state index in [-0.39, 0.29) is 47.4 Å². The van der Waals surface area contributed by atoms with Crippen molar-refractivity contribution in [1.82, 2.24) is 9.88 Å². The summed E-state index contributed by atoms with van der Waals surface area (Å²) < 4.78 is 46.9. The van der Waals surface area contributed by atoms with E-state index in [0.717, 1.165) is 17.5 Å². The highest BCUT2D eigenvalue weighted by Gasteiger charge is 2.38. The average molecular weight is 660 g/mol. The van der Waals surface area contributed by atoms with E-state index in [2.05, 4.69) is 15.6 Å². The smallest absolute Gasteiger partial charge is 0.241 e. The number of halogens is 1. The highest BCUT2D eigenvalue weighted by atomic mass is 32.2. The second-order valence-corrected chi connectivity index (χ2v) is 14.5. The summed E-state index contributed by atoms with van der Waals surface area (Å²) in [5.41, 5.74) is 8.19. The number of nitrogens with one attached hydrogen (secondary N) is 2. The van der Waals surface area contributed by atoms with Crippen molar-refractivity contribution in [3.05, 3.63) is 83.8 Å². The quantitative estimate of drug-likeness (QED) is 0.165. The van der Waals surface area contributed by atoms with Gasteiger partial charge in [0.1, 0.15) is 17.4 Å². The number of anilines is 3. The van der Waals surface area contributed by atoms with Gasteiger partial charge in [-0.15, -0.1) is 0 Å². The Hall–Kier alpha value is -4.71. The van der Waals surface area contributed by atoms with Gasteiger partial charge in [0.25, 0.3) is 0 Å². The molecule has 2 aliphatic rings. The Kier molecular flexibility index (Phi) is 9.31. The maximum atomic E-state index is 14.3. The van der Waals surface area contributed by atoms with Gasteiger partial charge < -0.3 is 26.0 Å². The van der Waals surface area contributed by atoms with Crippen molar-refractivity contribution in [1.29, 1.82) is 0 Å². The van der Waals surface area contributed by atoms with Crippen LogP contribution < -0.4 is 21.1 Å². The minimum atomic E-state index is -3.59. The first-order valence-electron chi connectivity index (χ1n) is 15.8. The summed E-state index contributed by atoms with van der Waals surface area (Å²) in [6, 6.07) is 17.3. The number of sulfone groups is 1. The van der Waals surface area contributed by atoms with E-state index >= 15 is 0 Å². The van der Waals surface area contributed by atoms with Crippen molar-refractivity contribution >= 4 is 49.6 Å². The number of ether oxygens (including phenoxy) is 1. The lowest BCUT2D eigenvalue weighted by Gasteiger charge is -2.21. The topological polar surface area (TPSA) is 144 Å². The number of fused-ring (bicyclic) bond motifs is 1. The third-order valence-electron chi connectivity index (χ3n) is 8.53. The van der Waals surface area contributed by atoms with Crippen LogP contribution in [0.4, 0.5) is 21.6 Å². The molecule has 1 heterocycles. The molecule has 0 aliphatic heterocycles. The summed E-state index contributed by atoms with van der Waals surface area (Å²) in [6.45, 7) is 0.578. The molecule has 2 amide bonds. The van der Waals surface area contributed by atoms with E-state index in [4.69, 9.17) is 10.5 Å². The van der Waals surface area contributed by atoms with Gasteiger partial charge in [0.05, 0.1) is 29.5 Å². The minimum absolute atomic E-state index is 0.00572. The lowest BCUT2D eigenvalue weighted by molar-refractivity contribution is -0.128. The molecule has 0 saturated heterocycles. The van der Waals surface area contributed by atoms with Crippen LogP contribution in [-0.4, -0.2) is 55.6 Å². The second kappa shape index (κ2) is 13.6. The number of benzene rings is 3. The van der Waals surface area contributed by atoms with E-state index in [1.807, 2.05) is 24.3 Å². The maximum Gasteiger partial charge on any atom is 0.241 e. The fourth-order valence-corrected chi connectivity index (χ4v) is 7.29. The predicted octanol–water partition coefficient (Wildman–Crippen LogP) is 5.32. The fourth-order valence-electron chi connectivity index (χ4n) is 5.43. The zero-order chi connectivity index (χ0) is 33.1. The zero-order valence-corrected chi connectivity index (χ0v) is 27.0. The first-order chi connectivity index (χ1) is 22.6. The Morgan fingerprint density at radius 1 is 1.00 bits per heavy atom. The Morgan fingerprint density at radius 2 is 1.77 bits per heavy atom. The SMILES string of the molecule is CN(Cc1cc(NC(=O)CCc2ccccc2OCC2CC2)ccc1S(=O)(=O)C1CC1)C(=O)CNc1ccc2c(N)ncc(F)c2c1. The summed E-state index contributed by atoms with van der Waals surface area (Å²) in [4.78, 5) is 31.5. The lowest BCUT2D eigenvalue weighted by Crippen LogP contribution is -2.32. The van der Waals surface area contributed by atoms with Crippen LogP contribution in [0.2, 0.25) is 0 Å². The van der Waals surface area contributed by atoms with E-state index in [1.165, 1.54) is 23.8 Å². The molecule has 0 spiro atoms. The summed E-state index contributed by atoms with van der Waals surface area (Å²) in [5.74, 6) is 0.557. The Morgan fingerprint density at radius 3 is 2.53 bits per heavy atom. The maximum absolute atomic E-state index is 14.3. The Bertz CT molecular complexity index is 1930. The molecule has 1 aromatic heterocycles. The molecule has 0 unspecified atom stereocenters. The summed E-state index contributed by atoms with van der Waals surface area (Å²) in [5, 5.41) is 6.21. The average Bonchev–Trinajstić information content (AvgIpc) is 3.98. The highest BCUT2D eigenvalue weighted by Crippen LogP contribution is 2.36. The van der Waals surface area contributed by atoms with Gasteiger partial charge in [-0.05, 0) is 91.6 Å². The van der Waals surface area contributed by atoms with Crippen LogP contribution in [0.3, 0.4) is 0 Å². The highest BCUT2D eigenvalue weighted by molar-refractivity contribution is 7.92. The number of nitrogens with zero attached hydrogens (tertiary/aromatic N) is 2. The second-order valence-electron chi connectivity index (χ2n) is 12.3. The molecule has 4 aromatic rings. The monoisotopic (exact) mass is 659 g/mol. The number of carbonyl (C=O) groups excluding carboxylic acids is 2. The van der Waals surface area contributed by atoms with Gasteiger partial charge in [-0.25, -0.2) is 17.8 Å². The van der Waals surface area contributed by atoms with E-state index in [1.54, 1.807) is 37.4 Å². The molecule has 47 heavy (non-hydrogen) atoms. The number of hydrogen-bond acceptors (Lipinski definition) is 8. The van der Waals surface area contributed by atoms with Crippen LogP contribution in [0.5, 0.6) is 5.75 Å². The number of amides is 2. The van der Waals surface area contributed by atoms with Crippen molar-refractivity contribution in [2.24, 2.45) is 5.92 Å². The minimum Gasteiger partial charge on any atom is -0.493 e.